The van der Waals surface area contributed by atoms with Gasteiger partial charge >= 0.3 is 0 Å². The smallest absolute Gasteiger partial charge is 0.189 e. The topological polar surface area (TPSA) is 26.3 Å². The standard InChI is InChI=1S/C9H9IO2S/c10-13-12-9-6-2-1-3-7(9)4-5-8(9)11/h1-2,4-5,7H,3,6H2/t7-,9-/m1/s1. The summed E-state index contributed by atoms with van der Waals surface area (Å²) in [7, 11) is 1.25. The fourth-order valence-electron chi connectivity index (χ4n) is 1.90. The van der Waals surface area contributed by atoms with Crippen molar-refractivity contribution in [3.05, 3.63) is 24.3 Å². The highest BCUT2D eigenvalue weighted by Crippen LogP contribution is 2.43. The second-order valence-corrected chi connectivity index (χ2v) is 4.65. The zero-order valence-electron chi connectivity index (χ0n) is 6.90. The highest BCUT2D eigenvalue weighted by molar-refractivity contribution is 14.2. The Bertz CT molecular complexity index is 287. The largest absolute Gasteiger partial charge is 0.291 e. The first kappa shape index (κ1) is 9.73. The monoisotopic (exact) mass is 308 g/mol. The number of allylic oxidation sites excluding steroid dienone is 1. The van der Waals surface area contributed by atoms with E-state index in [9.17, 15) is 4.79 Å². The van der Waals surface area contributed by atoms with Gasteiger partial charge in [0.15, 0.2) is 11.4 Å². The molecule has 13 heavy (non-hydrogen) atoms. The first-order valence-corrected chi connectivity index (χ1v) is 7.42. The van der Waals surface area contributed by atoms with Gasteiger partial charge in [-0.1, -0.05) is 18.2 Å². The lowest BCUT2D eigenvalue weighted by molar-refractivity contribution is -0.129. The lowest BCUT2D eigenvalue weighted by Gasteiger charge is -2.33. The molecule has 0 aromatic heterocycles. The van der Waals surface area contributed by atoms with Crippen LogP contribution in [0.2, 0.25) is 0 Å². The van der Waals surface area contributed by atoms with Crippen LogP contribution in [0.15, 0.2) is 24.3 Å². The van der Waals surface area contributed by atoms with Crippen molar-refractivity contribution in [2.75, 3.05) is 0 Å². The molecule has 2 aliphatic rings. The zero-order chi connectivity index (χ0) is 9.31. The van der Waals surface area contributed by atoms with Gasteiger partial charge in [-0.2, -0.15) is 0 Å². The fraction of sp³-hybridized carbons (Fsp3) is 0.444. The van der Waals surface area contributed by atoms with E-state index < -0.39 is 5.60 Å². The number of ketones is 1. The van der Waals surface area contributed by atoms with E-state index in [-0.39, 0.29) is 11.7 Å². The average Bonchev–Trinajstić information content (AvgIpc) is 2.46. The molecule has 2 nitrogen and oxygen atoms in total. The van der Waals surface area contributed by atoms with E-state index in [0.717, 1.165) is 6.42 Å². The molecule has 0 aliphatic heterocycles. The number of rotatable bonds is 2. The molecule has 4 heteroatoms. The Kier molecular flexibility index (Phi) is 2.80. The SMILES string of the molecule is O=C1C=C[C@H]2CC=CC[C@]12OSI. The molecule has 0 aromatic carbocycles. The third-order valence-electron chi connectivity index (χ3n) is 2.65. The Morgan fingerprint density at radius 3 is 3.23 bits per heavy atom. The summed E-state index contributed by atoms with van der Waals surface area (Å²) in [6.45, 7) is 0. The molecule has 0 unspecified atom stereocenters. The van der Waals surface area contributed by atoms with Crippen molar-refractivity contribution in [2.45, 2.75) is 18.4 Å². The summed E-state index contributed by atoms with van der Waals surface area (Å²) < 4.78 is 5.55. The number of carbonyl (C=O) groups is 1. The van der Waals surface area contributed by atoms with Gasteiger partial charge in [-0.05, 0) is 12.5 Å². The van der Waals surface area contributed by atoms with E-state index >= 15 is 0 Å². The van der Waals surface area contributed by atoms with Crippen LogP contribution in [0, 0.1) is 5.92 Å². The Labute approximate surface area is 93.6 Å². The molecule has 0 aromatic rings. The van der Waals surface area contributed by atoms with Gasteiger partial charge in [0.2, 0.25) is 0 Å². The van der Waals surface area contributed by atoms with Crippen molar-refractivity contribution in [3.8, 4) is 0 Å². The lowest BCUT2D eigenvalue weighted by atomic mass is 9.80. The summed E-state index contributed by atoms with van der Waals surface area (Å²) in [5, 5.41) is 0. The number of halogens is 1. The highest BCUT2D eigenvalue weighted by atomic mass is 127. The van der Waals surface area contributed by atoms with Crippen molar-refractivity contribution < 1.29 is 8.98 Å². The summed E-state index contributed by atoms with van der Waals surface area (Å²) in [5.41, 5.74) is -0.583. The van der Waals surface area contributed by atoms with Crippen molar-refractivity contribution in [3.63, 3.8) is 0 Å². The fourth-order valence-corrected chi connectivity index (χ4v) is 3.25. The minimum absolute atomic E-state index is 0.117. The van der Waals surface area contributed by atoms with Gasteiger partial charge in [0.1, 0.15) is 0 Å². The van der Waals surface area contributed by atoms with Crippen LogP contribution in [0.5, 0.6) is 0 Å². The molecule has 0 radical (unpaired) electrons. The van der Waals surface area contributed by atoms with Crippen molar-refractivity contribution >= 4 is 36.2 Å². The van der Waals surface area contributed by atoms with Gasteiger partial charge in [-0.3, -0.25) is 8.98 Å². The molecular weight excluding hydrogens is 299 g/mol. The van der Waals surface area contributed by atoms with Crippen LogP contribution in [0.3, 0.4) is 0 Å². The summed E-state index contributed by atoms with van der Waals surface area (Å²) in [6, 6.07) is 0. The number of carbonyl (C=O) groups excluding carboxylic acids is 1. The molecule has 0 spiro atoms. The third kappa shape index (κ3) is 1.49. The van der Waals surface area contributed by atoms with Gasteiger partial charge in [0.05, 0.1) is 9.21 Å². The molecule has 2 atom stereocenters. The number of fused-ring (bicyclic) bond motifs is 1. The van der Waals surface area contributed by atoms with Crippen molar-refractivity contribution in [2.24, 2.45) is 5.92 Å². The van der Waals surface area contributed by atoms with Crippen LogP contribution in [0.25, 0.3) is 0 Å². The summed E-state index contributed by atoms with van der Waals surface area (Å²) in [4.78, 5) is 11.7. The Balaban J connectivity index is 2.29. The predicted molar refractivity (Wildman–Crippen MR) is 61.4 cm³/mol. The maximum Gasteiger partial charge on any atom is 0.189 e. The third-order valence-corrected chi connectivity index (χ3v) is 3.55. The molecule has 0 bridgehead atoms. The van der Waals surface area contributed by atoms with Crippen LogP contribution in [0.4, 0.5) is 0 Å². The quantitative estimate of drug-likeness (QED) is 0.446. The van der Waals surface area contributed by atoms with Gasteiger partial charge in [0, 0.05) is 33.5 Å². The Morgan fingerprint density at radius 2 is 2.46 bits per heavy atom. The molecule has 0 fully saturated rings. The molecule has 0 saturated heterocycles. The Morgan fingerprint density at radius 1 is 1.62 bits per heavy atom. The number of hydrogen-bond acceptors (Lipinski definition) is 3. The van der Waals surface area contributed by atoms with Crippen LogP contribution in [-0.4, -0.2) is 11.4 Å². The lowest BCUT2D eigenvalue weighted by Crippen LogP contribution is -2.42. The second kappa shape index (κ2) is 3.74. The van der Waals surface area contributed by atoms with Crippen LogP contribution >= 0.6 is 30.4 Å². The Hall–Kier alpha value is 0.190. The minimum atomic E-state index is -0.583. The summed E-state index contributed by atoms with van der Waals surface area (Å²) in [6.07, 6.45) is 9.41. The average molecular weight is 308 g/mol. The minimum Gasteiger partial charge on any atom is -0.291 e. The van der Waals surface area contributed by atoms with Gasteiger partial charge < -0.3 is 0 Å². The van der Waals surface area contributed by atoms with Crippen LogP contribution < -0.4 is 0 Å². The van der Waals surface area contributed by atoms with Crippen LogP contribution in [-0.2, 0) is 8.98 Å². The molecule has 0 heterocycles. The molecule has 2 rings (SSSR count). The maximum absolute atomic E-state index is 11.7. The van der Waals surface area contributed by atoms with Crippen LogP contribution in [0.1, 0.15) is 12.8 Å². The first-order valence-electron chi connectivity index (χ1n) is 4.13. The predicted octanol–water partition coefficient (Wildman–Crippen LogP) is 2.85. The summed E-state index contributed by atoms with van der Waals surface area (Å²) >= 11 is 2.06. The highest BCUT2D eigenvalue weighted by Gasteiger charge is 2.48. The van der Waals surface area contributed by atoms with Gasteiger partial charge in [-0.25, -0.2) is 0 Å². The van der Waals surface area contributed by atoms with Crippen molar-refractivity contribution in [1.29, 1.82) is 0 Å². The van der Waals surface area contributed by atoms with E-state index in [1.165, 1.54) is 9.21 Å². The zero-order valence-corrected chi connectivity index (χ0v) is 9.88. The van der Waals surface area contributed by atoms with Gasteiger partial charge in [-0.15, -0.1) is 0 Å². The van der Waals surface area contributed by atoms with E-state index in [1.807, 2.05) is 12.2 Å². The molecule has 2 aliphatic carbocycles. The number of hydrogen-bond donors (Lipinski definition) is 0. The molecule has 0 N–H and O–H groups in total. The maximum atomic E-state index is 11.7. The normalized spacial score (nSPS) is 36.7. The molecule has 0 saturated carbocycles. The molecule has 0 amide bonds. The van der Waals surface area contributed by atoms with E-state index in [1.54, 1.807) is 6.08 Å². The van der Waals surface area contributed by atoms with E-state index in [0.29, 0.717) is 6.42 Å². The molecule has 70 valence electrons. The van der Waals surface area contributed by atoms with E-state index in [2.05, 4.69) is 27.3 Å². The second-order valence-electron chi connectivity index (χ2n) is 3.28. The first-order chi connectivity index (χ1) is 6.29. The molecular formula is C9H9IO2S. The summed E-state index contributed by atoms with van der Waals surface area (Å²) in [5.74, 6) is 0.360. The van der Waals surface area contributed by atoms with E-state index in [4.69, 9.17) is 4.18 Å². The van der Waals surface area contributed by atoms with Crippen molar-refractivity contribution in [1.82, 2.24) is 0 Å². The van der Waals surface area contributed by atoms with Gasteiger partial charge in [0.25, 0.3) is 0 Å².